The quantitative estimate of drug-likeness (QED) is 0.125. The van der Waals surface area contributed by atoms with Crippen LogP contribution in [0.25, 0.3) is 0 Å². The molecule has 4 aromatic rings. The topological polar surface area (TPSA) is 207 Å². The van der Waals surface area contributed by atoms with Crippen LogP contribution in [0.5, 0.6) is 46.0 Å². The molecule has 4 heterocycles. The smallest absolute Gasteiger partial charge is 0.310 e. The van der Waals surface area contributed by atoms with Crippen LogP contribution >= 0.6 is 0 Å². The van der Waals surface area contributed by atoms with Gasteiger partial charge < -0.3 is 58.7 Å². The van der Waals surface area contributed by atoms with Crippen LogP contribution in [0.3, 0.4) is 0 Å². The highest BCUT2D eigenvalue weighted by Gasteiger charge is 2.54. The Hall–Kier alpha value is -7.10. The number of benzene rings is 4. The number of rotatable bonds is 8. The van der Waals surface area contributed by atoms with Crippen molar-refractivity contribution in [2.75, 3.05) is 41.0 Å². The molecule has 0 radical (unpaired) electrons. The van der Waals surface area contributed by atoms with Gasteiger partial charge in [-0.2, -0.15) is 0 Å². The van der Waals surface area contributed by atoms with Gasteiger partial charge in [-0.1, -0.05) is 25.6 Å². The summed E-state index contributed by atoms with van der Waals surface area (Å²) in [4.78, 5) is 50.6. The number of cyclic esters (lactones) is 2. The Morgan fingerprint density at radius 3 is 1.45 bits per heavy atom. The van der Waals surface area contributed by atoms with Gasteiger partial charge >= 0.3 is 11.9 Å². The van der Waals surface area contributed by atoms with Crippen LogP contribution in [0, 0.1) is 37.5 Å². The molecule has 4 aromatic carbocycles. The molecule has 4 aliphatic heterocycles. The number of carbonyl (C=O) groups excluding carboxylic acids is 4. The Bertz CT molecular complexity index is 2610. The fraction of sp³-hybridized carbons (Fsp3) is 0.375. The molecule has 0 saturated carbocycles. The van der Waals surface area contributed by atoms with Crippen molar-refractivity contribution in [2.24, 2.45) is 23.7 Å². The third-order valence-corrected chi connectivity index (χ3v) is 13.2. The van der Waals surface area contributed by atoms with Gasteiger partial charge in [0, 0.05) is 30.1 Å². The Labute approximate surface area is 368 Å². The van der Waals surface area contributed by atoms with E-state index in [1.54, 1.807) is 32.9 Å². The van der Waals surface area contributed by atoms with Crippen molar-refractivity contribution in [1.82, 2.24) is 10.6 Å². The van der Waals surface area contributed by atoms with Gasteiger partial charge in [0.2, 0.25) is 25.4 Å². The minimum Gasteiger partial charge on any atom is -0.504 e. The largest absolute Gasteiger partial charge is 0.504 e. The van der Waals surface area contributed by atoms with E-state index in [1.165, 1.54) is 20.3 Å². The van der Waals surface area contributed by atoms with E-state index in [2.05, 4.69) is 17.2 Å². The van der Waals surface area contributed by atoms with Crippen molar-refractivity contribution in [2.45, 2.75) is 51.1 Å². The average molecular weight is 877 g/mol. The summed E-state index contributed by atoms with van der Waals surface area (Å²) >= 11 is 0. The highest BCUT2D eigenvalue weighted by molar-refractivity contribution is 5.88. The van der Waals surface area contributed by atoms with Crippen LogP contribution in [0.2, 0.25) is 0 Å². The summed E-state index contributed by atoms with van der Waals surface area (Å²) in [5.41, 5.74) is 6.31. The molecule has 16 heteroatoms. The van der Waals surface area contributed by atoms with E-state index in [-0.39, 0.29) is 91.8 Å². The molecule has 334 valence electrons. The first-order chi connectivity index (χ1) is 30.8. The number of carbonyl (C=O) groups is 4. The maximum Gasteiger partial charge on any atom is 0.310 e. The standard InChI is InChI=1S/C24H25NO7.C24H23NO7/c2*1-4-19(26)25-22-14-8-17-16(31-10-32-17)7-13(14)20(21-15(22)9-30-24(21)28)12-5-11(2)23(27)18(6-12)29-3/h5-8,15,20-22,27H,4,9-10H2,1-3H3,(H,25,26);4-8,15,20-22,27H,1,9-10H2,2-3H3,(H,25,26)/t2*15-,20?,21-,22+/m00/s1. The second kappa shape index (κ2) is 16.5. The summed E-state index contributed by atoms with van der Waals surface area (Å²) in [5, 5.41) is 26.8. The SMILES string of the molecule is C=CC(=O)N[C@@H]1c2cc3c(cc2C(c2cc(C)c(O)c(OC)c2)[C@H]2C(=O)OC[C@H]12)OCO3.CCC(=O)N[C@@H]1c2cc3c(cc2C(c2cc(C)c(O)c(OC)c2)[C@H]2C(=O)OC[C@H]12)OCO3. The van der Waals surface area contributed by atoms with Gasteiger partial charge in [-0.15, -0.1) is 0 Å². The van der Waals surface area contributed by atoms with Crippen LogP contribution in [0.1, 0.15) is 81.8 Å². The van der Waals surface area contributed by atoms with Gasteiger partial charge in [0.15, 0.2) is 46.0 Å². The minimum absolute atomic E-state index is 0.0552. The number of ether oxygens (including phenoxy) is 8. The van der Waals surface area contributed by atoms with Crippen LogP contribution in [0.4, 0.5) is 0 Å². The number of aryl methyl sites for hydroxylation is 2. The summed E-state index contributed by atoms with van der Waals surface area (Å²) in [6.07, 6.45) is 1.54. The van der Waals surface area contributed by atoms with E-state index >= 15 is 0 Å². The number of hydrogen-bond donors (Lipinski definition) is 4. The fourth-order valence-electron chi connectivity index (χ4n) is 10.2. The second-order valence-electron chi connectivity index (χ2n) is 16.6. The normalized spacial score (nSPS) is 25.0. The van der Waals surface area contributed by atoms with Gasteiger partial charge in [0.1, 0.15) is 0 Å². The Morgan fingerprint density at radius 2 is 1.06 bits per heavy atom. The Balaban J connectivity index is 0.000000162. The van der Waals surface area contributed by atoms with Crippen LogP contribution in [0.15, 0.2) is 61.2 Å². The summed E-state index contributed by atoms with van der Waals surface area (Å²) in [6.45, 7) is 9.54. The highest BCUT2D eigenvalue weighted by Crippen LogP contribution is 2.57. The molecule has 8 atom stereocenters. The van der Waals surface area contributed by atoms with E-state index in [1.807, 2.05) is 36.4 Å². The molecule has 0 bridgehead atoms. The number of methoxy groups -OCH3 is 2. The summed E-state index contributed by atoms with van der Waals surface area (Å²) in [6, 6.07) is 13.9. The molecule has 2 aliphatic carbocycles. The summed E-state index contributed by atoms with van der Waals surface area (Å²) < 4.78 is 44.1. The number of fused-ring (bicyclic) bond motifs is 6. The number of nitrogens with one attached hydrogen (secondary N) is 2. The van der Waals surface area contributed by atoms with Crippen molar-refractivity contribution in [3.8, 4) is 46.0 Å². The molecule has 2 fully saturated rings. The minimum atomic E-state index is -0.536. The number of amides is 2. The summed E-state index contributed by atoms with van der Waals surface area (Å²) in [5.74, 6) is -0.210. The van der Waals surface area contributed by atoms with Gasteiger partial charge in [0.25, 0.3) is 0 Å². The lowest BCUT2D eigenvalue weighted by Crippen LogP contribution is -2.42. The lowest BCUT2D eigenvalue weighted by Gasteiger charge is -2.39. The number of aromatic hydroxyl groups is 2. The molecule has 16 nitrogen and oxygen atoms in total. The van der Waals surface area contributed by atoms with Crippen molar-refractivity contribution in [3.63, 3.8) is 0 Å². The van der Waals surface area contributed by atoms with E-state index in [0.717, 1.165) is 33.4 Å². The molecular formula is C48H48N2O14. The molecule has 2 saturated heterocycles. The van der Waals surface area contributed by atoms with Crippen LogP contribution in [-0.2, 0) is 28.7 Å². The molecule has 6 aliphatic rings. The van der Waals surface area contributed by atoms with Gasteiger partial charge in [-0.05, 0) is 101 Å². The highest BCUT2D eigenvalue weighted by atomic mass is 16.7. The van der Waals surface area contributed by atoms with E-state index in [0.29, 0.717) is 52.0 Å². The molecule has 0 aromatic heterocycles. The maximum absolute atomic E-state index is 13.0. The Morgan fingerprint density at radius 1 is 0.656 bits per heavy atom. The number of phenolic OH excluding ortho intramolecular Hbond substituents is 2. The maximum atomic E-state index is 13.0. The predicted molar refractivity (Wildman–Crippen MR) is 226 cm³/mol. The van der Waals surface area contributed by atoms with Crippen molar-refractivity contribution in [3.05, 3.63) is 106 Å². The first-order valence-electron chi connectivity index (χ1n) is 21.0. The number of phenols is 2. The van der Waals surface area contributed by atoms with Crippen molar-refractivity contribution >= 4 is 23.8 Å². The lowest BCUT2D eigenvalue weighted by molar-refractivity contribution is -0.142. The molecule has 2 unspecified atom stereocenters. The van der Waals surface area contributed by atoms with Crippen LogP contribution < -0.4 is 39.1 Å². The van der Waals surface area contributed by atoms with E-state index in [4.69, 9.17) is 37.9 Å². The van der Waals surface area contributed by atoms with Crippen LogP contribution in [-0.4, -0.2) is 75.0 Å². The molecule has 10 rings (SSSR count). The van der Waals surface area contributed by atoms with Gasteiger partial charge in [-0.25, -0.2) is 0 Å². The van der Waals surface area contributed by atoms with Crippen molar-refractivity contribution < 1.29 is 67.3 Å². The van der Waals surface area contributed by atoms with E-state index < -0.39 is 17.9 Å². The molecule has 0 spiro atoms. The summed E-state index contributed by atoms with van der Waals surface area (Å²) in [7, 11) is 2.98. The van der Waals surface area contributed by atoms with E-state index in [9.17, 15) is 29.4 Å². The Kier molecular flexibility index (Phi) is 10.9. The first-order valence-corrected chi connectivity index (χ1v) is 21.0. The third-order valence-electron chi connectivity index (χ3n) is 13.2. The zero-order valence-electron chi connectivity index (χ0n) is 35.9. The first kappa shape index (κ1) is 42.2. The lowest BCUT2D eigenvalue weighted by atomic mass is 9.65. The number of esters is 2. The monoisotopic (exact) mass is 876 g/mol. The molecular weight excluding hydrogens is 829 g/mol. The molecule has 2 amide bonds. The molecule has 64 heavy (non-hydrogen) atoms. The van der Waals surface area contributed by atoms with Crippen molar-refractivity contribution in [1.29, 1.82) is 0 Å². The fourth-order valence-corrected chi connectivity index (χ4v) is 10.2. The third kappa shape index (κ3) is 7.00. The van der Waals surface area contributed by atoms with Gasteiger partial charge in [0.05, 0.1) is 51.4 Å². The second-order valence-corrected chi connectivity index (χ2v) is 16.6. The molecule has 4 N–H and O–H groups in total. The predicted octanol–water partition coefficient (Wildman–Crippen LogP) is 5.66. The number of hydrogen-bond acceptors (Lipinski definition) is 14. The zero-order chi connectivity index (χ0) is 45.1. The van der Waals surface area contributed by atoms with Gasteiger partial charge in [-0.3, -0.25) is 19.2 Å². The average Bonchev–Trinajstić information content (AvgIpc) is 4.12. The zero-order valence-corrected chi connectivity index (χ0v) is 35.9.